The van der Waals surface area contributed by atoms with Crippen molar-refractivity contribution in [2.75, 3.05) is 13.2 Å². The van der Waals surface area contributed by atoms with Crippen LogP contribution in [0.2, 0.25) is 0 Å². The monoisotopic (exact) mass is 307 g/mol. The molecule has 0 aliphatic rings. The molecule has 0 aromatic heterocycles. The number of hydrogen-bond acceptors (Lipinski definition) is 5. The van der Waals surface area contributed by atoms with Crippen molar-refractivity contribution in [1.29, 1.82) is 0 Å². The Bertz CT molecular complexity index is 524. The number of carbonyl (C=O) groups is 3. The third kappa shape index (κ3) is 5.95. The molecule has 0 aliphatic heterocycles. The quantitative estimate of drug-likeness (QED) is 0.584. The summed E-state index contributed by atoms with van der Waals surface area (Å²) in [5.74, 6) is -0.557. The van der Waals surface area contributed by atoms with Gasteiger partial charge in [-0.2, -0.15) is 0 Å². The van der Waals surface area contributed by atoms with Crippen molar-refractivity contribution >= 4 is 17.7 Å². The zero-order valence-electron chi connectivity index (χ0n) is 13.0. The molecule has 0 unspecified atom stereocenters. The minimum absolute atomic E-state index is 0.0436. The summed E-state index contributed by atoms with van der Waals surface area (Å²) < 4.78 is 10.2. The van der Waals surface area contributed by atoms with Gasteiger partial charge in [0.15, 0.2) is 18.5 Å². The first-order valence-corrected chi connectivity index (χ1v) is 7.15. The summed E-state index contributed by atoms with van der Waals surface area (Å²) in [6, 6.07) is 6.43. The van der Waals surface area contributed by atoms with E-state index < -0.39 is 12.1 Å². The highest BCUT2D eigenvalue weighted by atomic mass is 16.6. The fraction of sp³-hybridized carbons (Fsp3) is 0.438. The van der Waals surface area contributed by atoms with Gasteiger partial charge in [0.25, 0.3) is 5.91 Å². The summed E-state index contributed by atoms with van der Waals surface area (Å²) in [4.78, 5) is 34.3. The Hall–Kier alpha value is -2.37. The zero-order valence-corrected chi connectivity index (χ0v) is 13.0. The fourth-order valence-electron chi connectivity index (χ4n) is 1.60. The van der Waals surface area contributed by atoms with Gasteiger partial charge < -0.3 is 14.8 Å². The van der Waals surface area contributed by atoms with Crippen molar-refractivity contribution in [2.45, 2.75) is 33.3 Å². The lowest BCUT2D eigenvalue weighted by Crippen LogP contribution is -2.37. The highest BCUT2D eigenvalue weighted by Gasteiger charge is 2.17. The lowest BCUT2D eigenvalue weighted by molar-refractivity contribution is -0.156. The van der Waals surface area contributed by atoms with E-state index in [-0.39, 0.29) is 18.3 Å². The Balaban J connectivity index is 2.39. The van der Waals surface area contributed by atoms with E-state index >= 15 is 0 Å². The zero-order chi connectivity index (χ0) is 16.5. The first kappa shape index (κ1) is 17.7. The molecule has 0 heterocycles. The third-order valence-corrected chi connectivity index (χ3v) is 2.84. The highest BCUT2D eigenvalue weighted by molar-refractivity contribution is 5.94. The van der Waals surface area contributed by atoms with Gasteiger partial charge in [-0.05, 0) is 44.5 Å². The van der Waals surface area contributed by atoms with Crippen LogP contribution in [0.1, 0.15) is 37.6 Å². The molecule has 1 N–H and O–H groups in total. The number of ether oxygens (including phenoxy) is 2. The molecule has 6 heteroatoms. The van der Waals surface area contributed by atoms with Crippen molar-refractivity contribution in [3.63, 3.8) is 0 Å². The van der Waals surface area contributed by atoms with Gasteiger partial charge in [-0.1, -0.05) is 6.92 Å². The number of hydrogen-bond donors (Lipinski definition) is 1. The van der Waals surface area contributed by atoms with Gasteiger partial charge in [-0.3, -0.25) is 9.59 Å². The number of amides is 1. The summed E-state index contributed by atoms with van der Waals surface area (Å²) >= 11 is 0. The lowest BCUT2D eigenvalue weighted by Gasteiger charge is -2.13. The number of carbonyl (C=O) groups excluding carboxylic acids is 3. The number of esters is 1. The van der Waals surface area contributed by atoms with E-state index in [1.165, 1.54) is 13.8 Å². The average Bonchev–Trinajstić information content (AvgIpc) is 2.50. The summed E-state index contributed by atoms with van der Waals surface area (Å²) in [7, 11) is 0. The number of rotatable bonds is 8. The van der Waals surface area contributed by atoms with Crippen LogP contribution < -0.4 is 10.1 Å². The van der Waals surface area contributed by atoms with Crippen LogP contribution in [-0.4, -0.2) is 36.9 Å². The molecule has 0 bridgehead atoms. The molecule has 0 saturated carbocycles. The van der Waals surface area contributed by atoms with Crippen molar-refractivity contribution in [1.82, 2.24) is 5.32 Å². The SMILES string of the molecule is CCCNC(=O)[C@H](C)OC(=O)COc1ccc(C(C)=O)cc1. The van der Waals surface area contributed by atoms with Crippen LogP contribution in [0, 0.1) is 0 Å². The average molecular weight is 307 g/mol. The molecule has 0 radical (unpaired) electrons. The number of Topliss-reactive ketones (excluding diaryl/α,β-unsaturated/α-hetero) is 1. The largest absolute Gasteiger partial charge is 0.482 e. The van der Waals surface area contributed by atoms with Gasteiger partial charge in [0.2, 0.25) is 0 Å². The molecular weight excluding hydrogens is 286 g/mol. The van der Waals surface area contributed by atoms with Crippen LogP contribution in [0.15, 0.2) is 24.3 Å². The van der Waals surface area contributed by atoms with E-state index in [1.54, 1.807) is 24.3 Å². The van der Waals surface area contributed by atoms with Crippen LogP contribution in [0.3, 0.4) is 0 Å². The maximum Gasteiger partial charge on any atom is 0.344 e. The molecule has 6 nitrogen and oxygen atoms in total. The number of benzene rings is 1. The van der Waals surface area contributed by atoms with E-state index in [2.05, 4.69) is 5.32 Å². The van der Waals surface area contributed by atoms with E-state index in [9.17, 15) is 14.4 Å². The van der Waals surface area contributed by atoms with E-state index in [0.717, 1.165) is 6.42 Å². The Kier molecular flexibility index (Phi) is 7.08. The smallest absolute Gasteiger partial charge is 0.344 e. The summed E-state index contributed by atoms with van der Waals surface area (Å²) in [5, 5.41) is 2.64. The highest BCUT2D eigenvalue weighted by Crippen LogP contribution is 2.12. The molecule has 1 aromatic rings. The van der Waals surface area contributed by atoms with Crippen LogP contribution >= 0.6 is 0 Å². The summed E-state index contributed by atoms with van der Waals surface area (Å²) in [6.07, 6.45) is -0.0473. The van der Waals surface area contributed by atoms with Gasteiger partial charge in [-0.25, -0.2) is 4.79 Å². The molecule has 0 saturated heterocycles. The van der Waals surface area contributed by atoms with Gasteiger partial charge in [0.1, 0.15) is 5.75 Å². The summed E-state index contributed by atoms with van der Waals surface area (Å²) in [6.45, 7) is 5.15. The molecule has 1 atom stereocenters. The van der Waals surface area contributed by atoms with Gasteiger partial charge >= 0.3 is 5.97 Å². The second kappa shape index (κ2) is 8.81. The minimum Gasteiger partial charge on any atom is -0.482 e. The topological polar surface area (TPSA) is 81.7 Å². The second-order valence-electron chi connectivity index (χ2n) is 4.79. The number of ketones is 1. The first-order valence-electron chi connectivity index (χ1n) is 7.15. The molecule has 0 aliphatic carbocycles. The Morgan fingerprint density at radius 3 is 2.36 bits per heavy atom. The Morgan fingerprint density at radius 2 is 1.82 bits per heavy atom. The molecule has 0 fully saturated rings. The Labute approximate surface area is 129 Å². The predicted molar refractivity (Wildman–Crippen MR) is 80.8 cm³/mol. The van der Waals surface area contributed by atoms with Crippen molar-refractivity contribution in [3.8, 4) is 5.75 Å². The van der Waals surface area contributed by atoms with E-state index in [0.29, 0.717) is 17.9 Å². The first-order chi connectivity index (χ1) is 10.4. The predicted octanol–water partition coefficient (Wildman–Crippen LogP) is 1.73. The van der Waals surface area contributed by atoms with Crippen molar-refractivity contribution < 1.29 is 23.9 Å². The minimum atomic E-state index is -0.859. The van der Waals surface area contributed by atoms with Crippen LogP contribution in [0.25, 0.3) is 0 Å². The van der Waals surface area contributed by atoms with Gasteiger partial charge in [-0.15, -0.1) is 0 Å². The van der Waals surface area contributed by atoms with Crippen LogP contribution in [-0.2, 0) is 14.3 Å². The maximum absolute atomic E-state index is 11.6. The summed E-state index contributed by atoms with van der Waals surface area (Å²) in [5.41, 5.74) is 0.566. The van der Waals surface area contributed by atoms with Crippen LogP contribution in [0.4, 0.5) is 0 Å². The maximum atomic E-state index is 11.6. The fourth-order valence-corrected chi connectivity index (χ4v) is 1.60. The van der Waals surface area contributed by atoms with Crippen molar-refractivity contribution in [2.24, 2.45) is 0 Å². The van der Waals surface area contributed by atoms with Gasteiger partial charge in [0.05, 0.1) is 0 Å². The molecule has 1 amide bonds. The third-order valence-electron chi connectivity index (χ3n) is 2.84. The van der Waals surface area contributed by atoms with E-state index in [4.69, 9.17) is 9.47 Å². The Morgan fingerprint density at radius 1 is 1.18 bits per heavy atom. The normalized spacial score (nSPS) is 11.4. The molecular formula is C16H21NO5. The lowest BCUT2D eigenvalue weighted by atomic mass is 10.1. The standard InChI is InChI=1S/C16H21NO5/c1-4-9-17-16(20)12(3)22-15(19)10-21-14-7-5-13(6-8-14)11(2)18/h5-8,12H,4,9-10H2,1-3H3,(H,17,20)/t12-/m0/s1. The molecule has 1 aromatic carbocycles. The van der Waals surface area contributed by atoms with Crippen molar-refractivity contribution in [3.05, 3.63) is 29.8 Å². The molecule has 120 valence electrons. The van der Waals surface area contributed by atoms with Crippen LogP contribution in [0.5, 0.6) is 5.75 Å². The van der Waals surface area contributed by atoms with Gasteiger partial charge in [0, 0.05) is 12.1 Å². The van der Waals surface area contributed by atoms with E-state index in [1.807, 2.05) is 6.92 Å². The second-order valence-corrected chi connectivity index (χ2v) is 4.79. The molecule has 22 heavy (non-hydrogen) atoms. The molecule has 0 spiro atoms. The number of nitrogens with one attached hydrogen (secondary N) is 1. The molecule has 1 rings (SSSR count).